The summed E-state index contributed by atoms with van der Waals surface area (Å²) in [5.74, 6) is 0.0356. The van der Waals surface area contributed by atoms with Crippen LogP contribution in [0.5, 0.6) is 0 Å². The third-order valence-corrected chi connectivity index (χ3v) is 5.33. The Morgan fingerprint density at radius 2 is 2.11 bits per heavy atom. The third-order valence-electron chi connectivity index (χ3n) is 3.66. The molecule has 0 radical (unpaired) electrons. The van der Waals surface area contributed by atoms with Crippen molar-refractivity contribution in [1.82, 2.24) is 15.2 Å². The number of pyridine rings is 1. The number of aliphatic imine (C=N–C) groups is 1. The topological polar surface area (TPSA) is 109 Å². The van der Waals surface area contributed by atoms with Crippen LogP contribution in [0.25, 0.3) is 0 Å². The molecular weight excluding hydrogens is 570 g/mol. The Labute approximate surface area is 183 Å². The molecule has 0 saturated carbocycles. The Morgan fingerprint density at radius 3 is 2.78 bits per heavy atom. The van der Waals surface area contributed by atoms with E-state index in [-0.39, 0.29) is 5.56 Å². The number of nitrogens with one attached hydrogen (secondary N) is 2. The summed E-state index contributed by atoms with van der Waals surface area (Å²) in [5, 5.41) is 10.1. The van der Waals surface area contributed by atoms with Crippen LogP contribution in [0.15, 0.2) is 47.6 Å². The maximum atomic E-state index is 11.9. The van der Waals surface area contributed by atoms with Crippen molar-refractivity contribution in [3.8, 4) is 0 Å². The number of aromatic amines is 1. The van der Waals surface area contributed by atoms with E-state index in [4.69, 9.17) is 5.73 Å². The van der Waals surface area contributed by atoms with Crippen LogP contribution in [-0.2, 0) is 8.86 Å². The number of halogens is 2. The van der Waals surface area contributed by atoms with Gasteiger partial charge in [-0.1, -0.05) is 63.4 Å². The molecule has 7 nitrogen and oxygen atoms in total. The van der Waals surface area contributed by atoms with E-state index in [0.29, 0.717) is 11.6 Å². The molecule has 2 heterocycles. The first kappa shape index (κ1) is 19.7. The van der Waals surface area contributed by atoms with Crippen LogP contribution in [0, 0.1) is 0 Å². The number of hydrogen-bond donors (Lipinski definition) is 3. The van der Waals surface area contributed by atoms with E-state index in [9.17, 15) is 4.79 Å². The first-order chi connectivity index (χ1) is 13.1. The molecule has 3 aromatic rings. The van der Waals surface area contributed by atoms with Crippen molar-refractivity contribution in [2.45, 2.75) is 8.86 Å². The van der Waals surface area contributed by atoms with Gasteiger partial charge in [-0.2, -0.15) is 5.10 Å². The van der Waals surface area contributed by atoms with Crippen LogP contribution >= 0.6 is 45.2 Å². The summed E-state index contributed by atoms with van der Waals surface area (Å²) in [6.07, 6.45) is 3.34. The quantitative estimate of drug-likeness (QED) is 0.219. The van der Waals surface area contributed by atoms with Crippen molar-refractivity contribution < 1.29 is 4.79 Å². The fourth-order valence-electron chi connectivity index (χ4n) is 2.35. The highest BCUT2D eigenvalue weighted by Gasteiger charge is 2.18. The van der Waals surface area contributed by atoms with Gasteiger partial charge < -0.3 is 11.1 Å². The lowest BCUT2D eigenvalue weighted by molar-refractivity contribution is 0.100. The SMILES string of the molecule is NC(=O)c1c(Nc2cccc(CI)c2)n[nH]c1/N=C/c1ccc(CI)nc1. The molecule has 4 N–H and O–H groups in total. The number of rotatable bonds is 7. The number of primary amides is 1. The van der Waals surface area contributed by atoms with Crippen LogP contribution in [-0.4, -0.2) is 27.3 Å². The maximum absolute atomic E-state index is 11.9. The molecule has 9 heteroatoms. The molecule has 1 aromatic carbocycles. The van der Waals surface area contributed by atoms with Gasteiger partial charge in [0, 0.05) is 32.5 Å². The molecule has 0 saturated heterocycles. The van der Waals surface area contributed by atoms with Crippen LogP contribution in [0.4, 0.5) is 17.3 Å². The van der Waals surface area contributed by atoms with E-state index >= 15 is 0 Å². The molecule has 0 aliphatic rings. The number of benzene rings is 1. The van der Waals surface area contributed by atoms with Gasteiger partial charge in [-0.25, -0.2) is 4.99 Å². The average molecular weight is 586 g/mol. The number of nitrogens with zero attached hydrogens (tertiary/aromatic N) is 3. The van der Waals surface area contributed by atoms with Gasteiger partial charge in [-0.3, -0.25) is 14.9 Å². The molecule has 0 unspecified atom stereocenters. The smallest absolute Gasteiger partial charge is 0.256 e. The summed E-state index contributed by atoms with van der Waals surface area (Å²) in [7, 11) is 0. The van der Waals surface area contributed by atoms with Gasteiger partial charge in [0.15, 0.2) is 11.6 Å². The highest BCUT2D eigenvalue weighted by atomic mass is 127. The lowest BCUT2D eigenvalue weighted by Gasteiger charge is -2.06. The minimum Gasteiger partial charge on any atom is -0.365 e. The number of amides is 1. The molecule has 0 fully saturated rings. The predicted octanol–water partition coefficient (Wildman–Crippen LogP) is 4.27. The van der Waals surface area contributed by atoms with E-state index < -0.39 is 5.91 Å². The number of anilines is 2. The van der Waals surface area contributed by atoms with Crippen molar-refractivity contribution >= 4 is 74.6 Å². The van der Waals surface area contributed by atoms with Crippen LogP contribution in [0.1, 0.15) is 27.2 Å². The zero-order valence-electron chi connectivity index (χ0n) is 14.1. The molecule has 0 aliphatic heterocycles. The van der Waals surface area contributed by atoms with Gasteiger partial charge in [0.05, 0.1) is 5.69 Å². The third kappa shape index (κ3) is 5.03. The van der Waals surface area contributed by atoms with E-state index in [0.717, 1.165) is 31.4 Å². The monoisotopic (exact) mass is 586 g/mol. The summed E-state index contributed by atoms with van der Waals surface area (Å²) < 4.78 is 1.73. The summed E-state index contributed by atoms with van der Waals surface area (Å²) in [5.41, 5.74) is 9.56. The van der Waals surface area contributed by atoms with E-state index in [2.05, 4.69) is 70.7 Å². The second kappa shape index (κ2) is 9.26. The summed E-state index contributed by atoms with van der Waals surface area (Å²) in [4.78, 5) is 20.6. The fraction of sp³-hybridized carbons (Fsp3) is 0.111. The number of nitrogens with two attached hydrogens (primary N) is 1. The number of hydrogen-bond acceptors (Lipinski definition) is 5. The number of carbonyl (C=O) groups excluding carboxylic acids is 1. The Morgan fingerprint density at radius 1 is 1.26 bits per heavy atom. The second-order valence-corrected chi connectivity index (χ2v) is 7.12. The molecular formula is C18H16I2N6O. The van der Waals surface area contributed by atoms with E-state index in [1.165, 1.54) is 0 Å². The van der Waals surface area contributed by atoms with Crippen molar-refractivity contribution in [2.24, 2.45) is 10.7 Å². The van der Waals surface area contributed by atoms with Gasteiger partial charge in [0.25, 0.3) is 5.91 Å². The standard InChI is InChI=1S/C18H16I2N6O/c19-7-11-2-1-3-13(6-11)24-18-15(16(21)27)17(25-26-18)23-10-12-4-5-14(8-20)22-9-12/h1-6,9-10H,7-8H2,(H2,21,27)(H2,24,25,26)/b23-10+. The Hall–Kier alpha value is -2.02. The fourth-order valence-corrected chi connectivity index (χ4v) is 3.28. The minimum absolute atomic E-state index is 0.211. The first-order valence-corrected chi connectivity index (χ1v) is 11.0. The van der Waals surface area contributed by atoms with Crippen molar-refractivity contribution in [3.05, 3.63) is 65.0 Å². The highest BCUT2D eigenvalue weighted by molar-refractivity contribution is 14.1. The van der Waals surface area contributed by atoms with Crippen LogP contribution < -0.4 is 11.1 Å². The summed E-state index contributed by atoms with van der Waals surface area (Å²) in [6.45, 7) is 0. The molecule has 0 aliphatic carbocycles. The molecule has 0 atom stereocenters. The Balaban J connectivity index is 1.86. The highest BCUT2D eigenvalue weighted by Crippen LogP contribution is 2.26. The zero-order valence-corrected chi connectivity index (χ0v) is 18.4. The molecule has 3 rings (SSSR count). The number of alkyl halides is 2. The summed E-state index contributed by atoms with van der Waals surface area (Å²) in [6, 6.07) is 11.7. The van der Waals surface area contributed by atoms with Gasteiger partial charge in [0.2, 0.25) is 0 Å². The van der Waals surface area contributed by atoms with E-state index in [1.807, 2.05) is 36.4 Å². The average Bonchev–Trinajstić information content (AvgIpc) is 3.09. The van der Waals surface area contributed by atoms with Gasteiger partial charge in [-0.05, 0) is 23.8 Å². The molecule has 0 bridgehead atoms. The van der Waals surface area contributed by atoms with Gasteiger partial charge >= 0.3 is 0 Å². The van der Waals surface area contributed by atoms with Crippen molar-refractivity contribution in [3.63, 3.8) is 0 Å². The maximum Gasteiger partial charge on any atom is 0.256 e. The molecule has 1 amide bonds. The molecule has 0 spiro atoms. The number of aromatic nitrogens is 3. The molecule has 138 valence electrons. The molecule has 2 aromatic heterocycles. The van der Waals surface area contributed by atoms with Crippen molar-refractivity contribution in [2.75, 3.05) is 5.32 Å². The van der Waals surface area contributed by atoms with Crippen molar-refractivity contribution in [1.29, 1.82) is 0 Å². The Kier molecular flexibility index (Phi) is 6.77. The molecule has 27 heavy (non-hydrogen) atoms. The minimum atomic E-state index is -0.609. The predicted molar refractivity (Wildman–Crippen MR) is 124 cm³/mol. The normalized spacial score (nSPS) is 11.0. The van der Waals surface area contributed by atoms with E-state index in [1.54, 1.807) is 12.4 Å². The van der Waals surface area contributed by atoms with Gasteiger partial charge in [0.1, 0.15) is 5.56 Å². The largest absolute Gasteiger partial charge is 0.365 e. The lowest BCUT2D eigenvalue weighted by atomic mass is 10.2. The zero-order chi connectivity index (χ0) is 19.2. The Bertz CT molecular complexity index is 968. The number of H-pyrrole nitrogens is 1. The first-order valence-electron chi connectivity index (χ1n) is 7.95. The van der Waals surface area contributed by atoms with Gasteiger partial charge in [-0.15, -0.1) is 0 Å². The summed E-state index contributed by atoms with van der Waals surface area (Å²) >= 11 is 4.55. The van der Waals surface area contributed by atoms with Crippen LogP contribution in [0.3, 0.4) is 0 Å². The lowest BCUT2D eigenvalue weighted by Crippen LogP contribution is -2.12. The number of carbonyl (C=O) groups is 1. The van der Waals surface area contributed by atoms with Crippen LogP contribution in [0.2, 0.25) is 0 Å². The second-order valence-electron chi connectivity index (χ2n) is 5.59.